The summed E-state index contributed by atoms with van der Waals surface area (Å²) >= 11 is 12.4. The monoisotopic (exact) mass is 454 g/mol. The summed E-state index contributed by atoms with van der Waals surface area (Å²) in [7, 11) is 0. The zero-order valence-electron chi connectivity index (χ0n) is 17.0. The smallest absolute Gasteiger partial charge is 0.258 e. The molecular formula is C23H20Cl2N4O2. The Balaban J connectivity index is 1.80. The second-order valence-electron chi connectivity index (χ2n) is 7.21. The van der Waals surface area contributed by atoms with Gasteiger partial charge in [0.25, 0.3) is 5.91 Å². The standard InChI is InChI=1S/C23H20Cl2N4O2/c1-14(2)31-12-15-11-27-21-16(22(15)29-10-9-26-13-29)5-3-8-19(21)28-23(30)20-17(24)6-4-7-18(20)25/h3-11,13-14H,12H2,1-2H3,(H,28,30). The van der Waals surface area contributed by atoms with Gasteiger partial charge in [-0.1, -0.05) is 41.4 Å². The zero-order valence-corrected chi connectivity index (χ0v) is 18.5. The zero-order chi connectivity index (χ0) is 22.0. The van der Waals surface area contributed by atoms with E-state index in [1.54, 1.807) is 43.0 Å². The quantitative estimate of drug-likeness (QED) is 0.393. The fourth-order valence-corrected chi connectivity index (χ4v) is 3.88. The number of nitrogens with zero attached hydrogens (tertiary/aromatic N) is 3. The Kier molecular flexibility index (Phi) is 6.23. The molecule has 0 fully saturated rings. The van der Waals surface area contributed by atoms with Crippen LogP contribution in [0.25, 0.3) is 16.6 Å². The Labute approximate surface area is 189 Å². The number of amides is 1. The van der Waals surface area contributed by atoms with Gasteiger partial charge in [-0.2, -0.15) is 0 Å². The number of pyridine rings is 1. The summed E-state index contributed by atoms with van der Waals surface area (Å²) in [5, 5.41) is 4.32. The molecule has 2 aromatic heterocycles. The van der Waals surface area contributed by atoms with Gasteiger partial charge in [0.2, 0.25) is 0 Å². The average molecular weight is 455 g/mol. The number of imidazole rings is 1. The number of rotatable bonds is 6. The van der Waals surface area contributed by atoms with Gasteiger partial charge in [-0.05, 0) is 32.0 Å². The van der Waals surface area contributed by atoms with E-state index in [-0.39, 0.29) is 21.7 Å². The third-order valence-corrected chi connectivity index (χ3v) is 5.35. The van der Waals surface area contributed by atoms with Crippen molar-refractivity contribution in [1.82, 2.24) is 14.5 Å². The highest BCUT2D eigenvalue weighted by Gasteiger charge is 2.18. The Morgan fingerprint density at radius 2 is 1.90 bits per heavy atom. The van der Waals surface area contributed by atoms with Crippen molar-refractivity contribution in [3.05, 3.63) is 82.5 Å². The molecular weight excluding hydrogens is 435 g/mol. The molecule has 8 heteroatoms. The first-order chi connectivity index (χ1) is 15.0. The maximum atomic E-state index is 12.9. The molecule has 0 saturated heterocycles. The van der Waals surface area contributed by atoms with Crippen LogP contribution in [0.15, 0.2) is 61.3 Å². The van der Waals surface area contributed by atoms with Crippen LogP contribution in [-0.4, -0.2) is 26.5 Å². The number of anilines is 1. The largest absolute Gasteiger partial charge is 0.374 e. The first-order valence-corrected chi connectivity index (χ1v) is 10.5. The lowest BCUT2D eigenvalue weighted by Crippen LogP contribution is -2.14. The topological polar surface area (TPSA) is 69.0 Å². The number of hydrogen-bond acceptors (Lipinski definition) is 4. The van der Waals surface area contributed by atoms with Crippen LogP contribution in [0.3, 0.4) is 0 Å². The first kappa shape index (κ1) is 21.3. The fraction of sp³-hybridized carbons (Fsp3) is 0.174. The van der Waals surface area contributed by atoms with Crippen LogP contribution >= 0.6 is 23.2 Å². The highest BCUT2D eigenvalue weighted by atomic mass is 35.5. The number of fused-ring (bicyclic) bond motifs is 1. The van der Waals surface area contributed by atoms with Gasteiger partial charge in [-0.3, -0.25) is 9.78 Å². The minimum absolute atomic E-state index is 0.0809. The van der Waals surface area contributed by atoms with Gasteiger partial charge in [0.1, 0.15) is 0 Å². The Bertz CT molecular complexity index is 1220. The molecule has 4 rings (SSSR count). The molecule has 0 unspecified atom stereocenters. The number of nitrogens with one attached hydrogen (secondary N) is 1. The molecule has 0 saturated carbocycles. The lowest BCUT2D eigenvalue weighted by atomic mass is 10.1. The normalized spacial score (nSPS) is 11.3. The van der Waals surface area contributed by atoms with Gasteiger partial charge < -0.3 is 14.6 Å². The maximum Gasteiger partial charge on any atom is 0.258 e. The van der Waals surface area contributed by atoms with Gasteiger partial charge >= 0.3 is 0 Å². The van der Waals surface area contributed by atoms with Gasteiger partial charge in [-0.25, -0.2) is 4.98 Å². The molecule has 0 bridgehead atoms. The Morgan fingerprint density at radius 3 is 2.58 bits per heavy atom. The van der Waals surface area contributed by atoms with Crippen LogP contribution in [0.1, 0.15) is 29.8 Å². The summed E-state index contributed by atoms with van der Waals surface area (Å²) < 4.78 is 7.74. The highest BCUT2D eigenvalue weighted by Crippen LogP contribution is 2.31. The van der Waals surface area contributed by atoms with E-state index in [4.69, 9.17) is 27.9 Å². The van der Waals surface area contributed by atoms with Crippen LogP contribution in [0.4, 0.5) is 5.69 Å². The molecule has 0 atom stereocenters. The van der Waals surface area contributed by atoms with E-state index in [0.29, 0.717) is 17.8 Å². The molecule has 158 valence electrons. The SMILES string of the molecule is CC(C)OCc1cnc2c(NC(=O)c3c(Cl)cccc3Cl)cccc2c1-n1ccnc1. The summed E-state index contributed by atoms with van der Waals surface area (Å²) in [5.74, 6) is -0.402. The highest BCUT2D eigenvalue weighted by molar-refractivity contribution is 6.40. The average Bonchev–Trinajstić information content (AvgIpc) is 3.26. The molecule has 1 amide bonds. The molecule has 31 heavy (non-hydrogen) atoms. The summed E-state index contributed by atoms with van der Waals surface area (Å²) in [4.78, 5) is 21.7. The minimum Gasteiger partial charge on any atom is -0.374 e. The first-order valence-electron chi connectivity index (χ1n) is 9.71. The second kappa shape index (κ2) is 9.06. The predicted molar refractivity (Wildman–Crippen MR) is 123 cm³/mol. The van der Waals surface area contributed by atoms with Crippen LogP contribution in [0.5, 0.6) is 0 Å². The molecule has 6 nitrogen and oxygen atoms in total. The Hall–Kier alpha value is -2.93. The third-order valence-electron chi connectivity index (χ3n) is 4.72. The predicted octanol–water partition coefficient (Wildman–Crippen LogP) is 5.90. The lowest BCUT2D eigenvalue weighted by molar-refractivity contribution is 0.0656. The van der Waals surface area contributed by atoms with E-state index in [9.17, 15) is 4.79 Å². The van der Waals surface area contributed by atoms with Crippen molar-refractivity contribution in [2.24, 2.45) is 0 Å². The molecule has 0 aliphatic heterocycles. The molecule has 1 N–H and O–H groups in total. The van der Waals surface area contributed by atoms with Crippen molar-refractivity contribution in [2.45, 2.75) is 26.6 Å². The number of ether oxygens (including phenoxy) is 1. The van der Waals surface area contributed by atoms with Gasteiger partial charge in [-0.15, -0.1) is 0 Å². The number of aromatic nitrogens is 3. The van der Waals surface area contributed by atoms with Crippen molar-refractivity contribution in [2.75, 3.05) is 5.32 Å². The summed E-state index contributed by atoms with van der Waals surface area (Å²) in [5.41, 5.74) is 3.22. The van der Waals surface area contributed by atoms with Crippen molar-refractivity contribution in [3.8, 4) is 5.69 Å². The van der Waals surface area contributed by atoms with Crippen LogP contribution in [0, 0.1) is 0 Å². The van der Waals surface area contributed by atoms with Crippen LogP contribution in [0.2, 0.25) is 10.0 Å². The van der Waals surface area contributed by atoms with Gasteiger partial charge in [0, 0.05) is 29.5 Å². The van der Waals surface area contributed by atoms with Crippen LogP contribution in [-0.2, 0) is 11.3 Å². The van der Waals surface area contributed by atoms with Crippen molar-refractivity contribution < 1.29 is 9.53 Å². The maximum absolute atomic E-state index is 12.9. The second-order valence-corrected chi connectivity index (χ2v) is 8.03. The number of carbonyl (C=O) groups excluding carboxylic acids is 1. The van der Waals surface area contributed by atoms with Crippen molar-refractivity contribution >= 4 is 45.7 Å². The Morgan fingerprint density at radius 1 is 1.16 bits per heavy atom. The molecule has 0 aliphatic rings. The molecule has 4 aromatic rings. The minimum atomic E-state index is -0.402. The van der Waals surface area contributed by atoms with E-state index in [2.05, 4.69) is 15.3 Å². The van der Waals surface area contributed by atoms with Gasteiger partial charge in [0.05, 0.1) is 51.5 Å². The molecule has 2 heterocycles. The fourth-order valence-electron chi connectivity index (χ4n) is 3.31. The van der Waals surface area contributed by atoms with Crippen molar-refractivity contribution in [3.63, 3.8) is 0 Å². The number of halogens is 2. The van der Waals surface area contributed by atoms with Gasteiger partial charge in [0.15, 0.2) is 0 Å². The van der Waals surface area contributed by atoms with E-state index in [1.165, 1.54) is 0 Å². The number of hydrogen-bond donors (Lipinski definition) is 1. The summed E-state index contributed by atoms with van der Waals surface area (Å²) in [6, 6.07) is 10.6. The third kappa shape index (κ3) is 4.42. The van der Waals surface area contributed by atoms with Crippen molar-refractivity contribution in [1.29, 1.82) is 0 Å². The number of para-hydroxylation sites is 1. The molecule has 0 aliphatic carbocycles. The van der Waals surface area contributed by atoms with E-state index >= 15 is 0 Å². The summed E-state index contributed by atoms with van der Waals surface area (Å²) in [6.45, 7) is 4.37. The summed E-state index contributed by atoms with van der Waals surface area (Å²) in [6.07, 6.45) is 7.14. The van der Waals surface area contributed by atoms with E-state index in [0.717, 1.165) is 16.6 Å². The number of carbonyl (C=O) groups is 1. The molecule has 0 spiro atoms. The lowest BCUT2D eigenvalue weighted by Gasteiger charge is -2.17. The van der Waals surface area contributed by atoms with E-state index in [1.807, 2.05) is 36.7 Å². The molecule has 2 aromatic carbocycles. The van der Waals surface area contributed by atoms with E-state index < -0.39 is 5.91 Å². The number of benzene rings is 2. The molecule has 0 radical (unpaired) electrons. The van der Waals surface area contributed by atoms with Crippen LogP contribution < -0.4 is 5.32 Å².